The average Bonchev–Trinajstić information content (AvgIpc) is 3.04. The summed E-state index contributed by atoms with van der Waals surface area (Å²) in [6.45, 7) is 7.06. The summed E-state index contributed by atoms with van der Waals surface area (Å²) in [4.78, 5) is 18.3. The molecule has 2 aromatic heterocycles. The van der Waals surface area contributed by atoms with Crippen LogP contribution in [-0.4, -0.2) is 44.4 Å². The van der Waals surface area contributed by atoms with Gasteiger partial charge < -0.3 is 9.64 Å². The number of likely N-dealkylation sites (tertiary alicyclic amines) is 1. The van der Waals surface area contributed by atoms with Crippen molar-refractivity contribution in [3.63, 3.8) is 0 Å². The van der Waals surface area contributed by atoms with E-state index in [2.05, 4.69) is 44.9 Å². The van der Waals surface area contributed by atoms with Gasteiger partial charge in [-0.05, 0) is 62.3 Å². The molecule has 1 saturated heterocycles. The van der Waals surface area contributed by atoms with E-state index in [0.717, 1.165) is 27.7 Å². The molecule has 134 valence electrons. The van der Waals surface area contributed by atoms with Crippen molar-refractivity contribution < 1.29 is 9.53 Å². The predicted molar refractivity (Wildman–Crippen MR) is 104 cm³/mol. The smallest absolute Gasteiger partial charge is 0.410 e. The highest BCUT2D eigenvalue weighted by molar-refractivity contribution is 14.1. The van der Waals surface area contributed by atoms with E-state index < -0.39 is 5.60 Å². The number of halogens is 1. The molecule has 0 unspecified atom stereocenters. The molecule has 0 aromatic carbocycles. The summed E-state index contributed by atoms with van der Waals surface area (Å²) >= 11 is 2.20. The molecule has 2 aromatic rings. The van der Waals surface area contributed by atoms with E-state index in [4.69, 9.17) is 4.74 Å². The summed E-state index contributed by atoms with van der Waals surface area (Å²) in [7, 11) is 0. The molecule has 0 saturated carbocycles. The van der Waals surface area contributed by atoms with Gasteiger partial charge in [0.1, 0.15) is 9.30 Å². The van der Waals surface area contributed by atoms with E-state index >= 15 is 0 Å². The summed E-state index contributed by atoms with van der Waals surface area (Å²) in [6, 6.07) is 4.36. The van der Waals surface area contributed by atoms with E-state index in [-0.39, 0.29) is 6.09 Å². The fraction of sp³-hybridized carbons (Fsp3) is 0.500. The minimum absolute atomic E-state index is 0.225. The molecule has 0 spiro atoms. The van der Waals surface area contributed by atoms with Gasteiger partial charge in [0.05, 0.1) is 12.2 Å². The topological polar surface area (TPSA) is 60.2 Å². The van der Waals surface area contributed by atoms with Crippen LogP contribution in [0.15, 0.2) is 30.7 Å². The first-order chi connectivity index (χ1) is 11.8. The van der Waals surface area contributed by atoms with Gasteiger partial charge in [0, 0.05) is 36.6 Å². The number of amides is 1. The molecule has 3 heterocycles. The Hall–Kier alpha value is -1.64. The maximum Gasteiger partial charge on any atom is 0.410 e. The normalized spacial score (nSPS) is 16.1. The van der Waals surface area contributed by atoms with Crippen molar-refractivity contribution in [2.24, 2.45) is 0 Å². The van der Waals surface area contributed by atoms with E-state index in [0.29, 0.717) is 19.1 Å². The minimum Gasteiger partial charge on any atom is -0.444 e. The zero-order chi connectivity index (χ0) is 18.0. The Kier molecular flexibility index (Phi) is 5.31. The lowest BCUT2D eigenvalue weighted by molar-refractivity contribution is 0.0185. The number of carbonyl (C=O) groups is 1. The molecule has 7 heteroatoms. The highest BCUT2D eigenvalue weighted by Crippen LogP contribution is 2.26. The first-order valence-corrected chi connectivity index (χ1v) is 9.54. The molecule has 3 rings (SSSR count). The SMILES string of the molecule is CC(C)(C)OC(=O)N1CCC(n2cc(-c3ccc(I)nc3)cn2)CC1. The molecule has 0 bridgehead atoms. The third kappa shape index (κ3) is 4.71. The van der Waals surface area contributed by atoms with Gasteiger partial charge in [0.2, 0.25) is 0 Å². The van der Waals surface area contributed by atoms with Crippen LogP contribution in [0, 0.1) is 3.70 Å². The standard InChI is InChI=1S/C18H23IN4O2/c1-18(2,3)25-17(24)22-8-6-15(7-9-22)23-12-14(11-21-23)13-4-5-16(19)20-10-13/h4-5,10-12,15H,6-9H2,1-3H3. The van der Waals surface area contributed by atoms with Gasteiger partial charge in [-0.2, -0.15) is 5.10 Å². The van der Waals surface area contributed by atoms with Crippen LogP contribution in [0.5, 0.6) is 0 Å². The van der Waals surface area contributed by atoms with Gasteiger partial charge in [-0.1, -0.05) is 6.07 Å². The maximum atomic E-state index is 12.1. The van der Waals surface area contributed by atoms with Crippen LogP contribution < -0.4 is 0 Å². The minimum atomic E-state index is -0.452. The molecule has 1 fully saturated rings. The Morgan fingerprint density at radius 3 is 2.52 bits per heavy atom. The largest absolute Gasteiger partial charge is 0.444 e. The van der Waals surface area contributed by atoms with Crippen molar-refractivity contribution in [3.05, 3.63) is 34.4 Å². The Morgan fingerprint density at radius 2 is 1.92 bits per heavy atom. The number of hydrogen-bond donors (Lipinski definition) is 0. The van der Waals surface area contributed by atoms with E-state index in [1.165, 1.54) is 0 Å². The molecule has 0 atom stereocenters. The van der Waals surface area contributed by atoms with Crippen LogP contribution in [-0.2, 0) is 4.74 Å². The molecule has 0 aliphatic carbocycles. The van der Waals surface area contributed by atoms with E-state index in [1.54, 1.807) is 4.90 Å². The zero-order valence-electron chi connectivity index (χ0n) is 14.8. The Bertz CT molecular complexity index is 728. The lowest BCUT2D eigenvalue weighted by Crippen LogP contribution is -2.42. The first kappa shape index (κ1) is 18.2. The molecule has 1 amide bonds. The highest BCUT2D eigenvalue weighted by atomic mass is 127. The molecule has 0 N–H and O–H groups in total. The van der Waals surface area contributed by atoms with E-state index in [1.807, 2.05) is 43.9 Å². The summed E-state index contributed by atoms with van der Waals surface area (Å²) in [5, 5.41) is 4.52. The fourth-order valence-corrected chi connectivity index (χ4v) is 3.19. The van der Waals surface area contributed by atoms with Crippen LogP contribution >= 0.6 is 22.6 Å². The van der Waals surface area contributed by atoms with Crippen molar-refractivity contribution >= 4 is 28.7 Å². The highest BCUT2D eigenvalue weighted by Gasteiger charge is 2.27. The molecule has 25 heavy (non-hydrogen) atoms. The van der Waals surface area contributed by atoms with Crippen LogP contribution in [0.1, 0.15) is 39.7 Å². The number of rotatable bonds is 2. The Labute approximate surface area is 161 Å². The van der Waals surface area contributed by atoms with Crippen molar-refractivity contribution in [2.75, 3.05) is 13.1 Å². The maximum absolute atomic E-state index is 12.1. The number of piperidine rings is 1. The fourth-order valence-electron chi connectivity index (χ4n) is 2.87. The second-order valence-corrected chi connectivity index (χ2v) is 8.38. The summed E-state index contributed by atoms with van der Waals surface area (Å²) < 4.78 is 8.44. The van der Waals surface area contributed by atoms with Crippen molar-refractivity contribution in [3.8, 4) is 11.1 Å². The predicted octanol–water partition coefficient (Wildman–Crippen LogP) is 4.12. The summed E-state index contributed by atoms with van der Waals surface area (Å²) in [6.07, 6.45) is 7.35. The number of ether oxygens (including phenoxy) is 1. The van der Waals surface area contributed by atoms with Crippen molar-refractivity contribution in [1.29, 1.82) is 0 Å². The Morgan fingerprint density at radius 1 is 1.20 bits per heavy atom. The number of aromatic nitrogens is 3. The molecular formula is C18H23IN4O2. The van der Waals surface area contributed by atoms with Crippen LogP contribution in [0.2, 0.25) is 0 Å². The molecule has 0 radical (unpaired) electrons. The van der Waals surface area contributed by atoms with Gasteiger partial charge in [-0.25, -0.2) is 9.78 Å². The molecule has 1 aliphatic heterocycles. The van der Waals surface area contributed by atoms with E-state index in [9.17, 15) is 4.79 Å². The molecular weight excluding hydrogens is 431 g/mol. The lowest BCUT2D eigenvalue weighted by Gasteiger charge is -2.33. The number of pyridine rings is 1. The van der Waals surface area contributed by atoms with Gasteiger partial charge in [-0.15, -0.1) is 0 Å². The molecule has 1 aliphatic rings. The number of hydrogen-bond acceptors (Lipinski definition) is 4. The van der Waals surface area contributed by atoms with Gasteiger partial charge in [-0.3, -0.25) is 4.68 Å². The lowest BCUT2D eigenvalue weighted by atomic mass is 10.1. The van der Waals surface area contributed by atoms with Gasteiger partial charge >= 0.3 is 6.09 Å². The Balaban J connectivity index is 1.60. The zero-order valence-corrected chi connectivity index (χ0v) is 16.9. The number of carbonyl (C=O) groups excluding carboxylic acids is 1. The van der Waals surface area contributed by atoms with Crippen LogP contribution in [0.4, 0.5) is 4.79 Å². The monoisotopic (exact) mass is 454 g/mol. The first-order valence-electron chi connectivity index (χ1n) is 8.46. The van der Waals surface area contributed by atoms with Crippen LogP contribution in [0.3, 0.4) is 0 Å². The summed E-state index contributed by atoms with van der Waals surface area (Å²) in [5.74, 6) is 0. The second kappa shape index (κ2) is 7.31. The quantitative estimate of drug-likeness (QED) is 0.506. The average molecular weight is 454 g/mol. The third-order valence-corrected chi connectivity index (χ3v) is 4.79. The third-order valence-electron chi connectivity index (χ3n) is 4.15. The van der Waals surface area contributed by atoms with Crippen molar-refractivity contribution in [2.45, 2.75) is 45.3 Å². The van der Waals surface area contributed by atoms with Crippen LogP contribution in [0.25, 0.3) is 11.1 Å². The number of nitrogens with zero attached hydrogens (tertiary/aromatic N) is 4. The molecule has 6 nitrogen and oxygen atoms in total. The van der Waals surface area contributed by atoms with Gasteiger partial charge in [0.15, 0.2) is 0 Å². The summed E-state index contributed by atoms with van der Waals surface area (Å²) in [5.41, 5.74) is 1.68. The second-order valence-electron chi connectivity index (χ2n) is 7.28. The van der Waals surface area contributed by atoms with Crippen molar-refractivity contribution in [1.82, 2.24) is 19.7 Å². The van der Waals surface area contributed by atoms with Gasteiger partial charge in [0.25, 0.3) is 0 Å².